The van der Waals surface area contributed by atoms with Crippen LogP contribution in [0.25, 0.3) is 0 Å². The van der Waals surface area contributed by atoms with Crippen molar-refractivity contribution in [1.82, 2.24) is 0 Å². The molecule has 2 aliphatic heterocycles. The van der Waals surface area contributed by atoms with Gasteiger partial charge in [-0.2, -0.15) is 0 Å². The highest BCUT2D eigenvalue weighted by molar-refractivity contribution is 5.66. The van der Waals surface area contributed by atoms with Gasteiger partial charge in [-0.15, -0.1) is 0 Å². The van der Waals surface area contributed by atoms with Crippen molar-refractivity contribution in [2.45, 2.75) is 117 Å². The molecular formula is C31H48O4. The summed E-state index contributed by atoms with van der Waals surface area (Å²) in [6, 6.07) is 0. The van der Waals surface area contributed by atoms with Crippen molar-refractivity contribution in [3.05, 3.63) is 12.2 Å². The molecule has 4 heteroatoms. The zero-order chi connectivity index (χ0) is 25.0. The normalized spacial score (nSPS) is 53.5. The number of hydrogen-bond donors (Lipinski definition) is 0. The Balaban J connectivity index is 1.26. The number of hydrogen-bond acceptors (Lipinski definition) is 4. The minimum absolute atomic E-state index is 0.0377. The molecule has 0 radical (unpaired) electrons. The third kappa shape index (κ3) is 3.20. The summed E-state index contributed by atoms with van der Waals surface area (Å²) < 4.78 is 5.65. The molecule has 7 rings (SSSR count). The molecule has 0 aromatic heterocycles. The highest BCUT2D eigenvalue weighted by atomic mass is 17.2. The average molecular weight is 485 g/mol. The smallest absolute Gasteiger partial charge is 0.302 e. The molecule has 4 nitrogen and oxygen atoms in total. The fourth-order valence-corrected chi connectivity index (χ4v) is 10.6. The number of carbonyl (C=O) groups excluding carboxylic acids is 1. The first-order chi connectivity index (χ1) is 16.5. The molecule has 0 aromatic rings. The lowest BCUT2D eigenvalue weighted by Crippen LogP contribution is -2.73. The van der Waals surface area contributed by atoms with E-state index in [2.05, 4.69) is 53.7 Å². The summed E-state index contributed by atoms with van der Waals surface area (Å²) in [6.45, 7) is 16.4. The van der Waals surface area contributed by atoms with Crippen molar-refractivity contribution in [2.75, 3.05) is 0 Å². The number of fused-ring (bicyclic) bond motifs is 2. The van der Waals surface area contributed by atoms with Crippen LogP contribution in [-0.2, 0) is 19.3 Å². The van der Waals surface area contributed by atoms with E-state index in [1.54, 1.807) is 0 Å². The standard InChI is InChI=1S/C31H48O4/c1-18(2)19(3)23-16-24(23)20(4)25-8-9-26-28(25,6)12-11-27-29(7)13-10-22(33-21(5)32)17-30(29)14-15-31(26,27)35-34-30/h14-15,18-20,22-27H,8-13,16-17H2,1-7H3/t19-,20-,22+,23-,24-,25-,26?,27?,28-,29-,30-,31+/m1/s1. The van der Waals surface area contributed by atoms with Gasteiger partial charge in [0.2, 0.25) is 0 Å². The lowest BCUT2D eigenvalue weighted by atomic mass is 9.42. The second-order valence-electron chi connectivity index (χ2n) is 14.5. The maximum absolute atomic E-state index is 11.7. The molecule has 4 saturated carbocycles. The molecule has 5 fully saturated rings. The van der Waals surface area contributed by atoms with Crippen LogP contribution >= 0.6 is 0 Å². The predicted octanol–water partition coefficient (Wildman–Crippen LogP) is 7.12. The van der Waals surface area contributed by atoms with Gasteiger partial charge in [-0.05, 0) is 91.9 Å². The Morgan fingerprint density at radius 3 is 2.37 bits per heavy atom. The maximum atomic E-state index is 11.7. The molecular weight excluding hydrogens is 436 g/mol. The summed E-state index contributed by atoms with van der Waals surface area (Å²) in [5, 5.41) is 0. The summed E-state index contributed by atoms with van der Waals surface area (Å²) in [5.74, 6) is 5.87. The van der Waals surface area contributed by atoms with Crippen molar-refractivity contribution in [3.63, 3.8) is 0 Å². The number of carbonyl (C=O) groups is 1. The molecule has 5 aliphatic carbocycles. The van der Waals surface area contributed by atoms with Crippen molar-refractivity contribution >= 4 is 5.97 Å². The zero-order valence-electron chi connectivity index (χ0n) is 23.1. The van der Waals surface area contributed by atoms with Gasteiger partial charge in [-0.3, -0.25) is 4.79 Å². The first kappa shape index (κ1) is 24.5. The molecule has 196 valence electrons. The minimum atomic E-state index is -0.467. The van der Waals surface area contributed by atoms with E-state index in [1.807, 2.05) is 0 Å². The molecule has 0 aromatic carbocycles. The topological polar surface area (TPSA) is 44.8 Å². The predicted molar refractivity (Wildman–Crippen MR) is 136 cm³/mol. The van der Waals surface area contributed by atoms with Crippen LogP contribution in [0.3, 0.4) is 0 Å². The van der Waals surface area contributed by atoms with Crippen LogP contribution in [0.4, 0.5) is 0 Å². The summed E-state index contributed by atoms with van der Waals surface area (Å²) in [7, 11) is 0. The SMILES string of the molecule is CC(=O)O[C@H]1CC[C@]2(C)C3CC[C@@]4(C)C(CC[C@@H]4[C@H](C)[C@H]4C[C@@H]4[C@H](C)C(C)C)[C@@]34C=C[C@]2(C1)OO4. The number of ether oxygens (including phenoxy) is 1. The molecule has 12 atom stereocenters. The van der Waals surface area contributed by atoms with Crippen LogP contribution in [0, 0.1) is 58.2 Å². The quantitative estimate of drug-likeness (QED) is 0.237. The zero-order valence-corrected chi connectivity index (χ0v) is 23.1. The molecule has 1 saturated heterocycles. The Labute approximate surface area is 212 Å². The Bertz CT molecular complexity index is 912. The molecule has 2 spiro atoms. The van der Waals surface area contributed by atoms with E-state index >= 15 is 0 Å². The average Bonchev–Trinajstić information content (AvgIpc) is 3.52. The largest absolute Gasteiger partial charge is 0.462 e. The summed E-state index contributed by atoms with van der Waals surface area (Å²) >= 11 is 0. The van der Waals surface area contributed by atoms with Gasteiger partial charge in [0.1, 0.15) is 17.3 Å². The third-order valence-corrected chi connectivity index (χ3v) is 12.9. The van der Waals surface area contributed by atoms with Crippen molar-refractivity contribution in [2.24, 2.45) is 58.2 Å². The Morgan fingerprint density at radius 1 is 0.943 bits per heavy atom. The minimum Gasteiger partial charge on any atom is -0.462 e. The molecule has 2 heterocycles. The van der Waals surface area contributed by atoms with Crippen LogP contribution in [0.2, 0.25) is 0 Å². The van der Waals surface area contributed by atoms with Gasteiger partial charge >= 0.3 is 5.97 Å². The second kappa shape index (κ2) is 7.82. The Hall–Kier alpha value is -0.870. The Kier molecular flexibility index (Phi) is 5.47. The van der Waals surface area contributed by atoms with Crippen LogP contribution in [0.1, 0.15) is 99.8 Å². The van der Waals surface area contributed by atoms with Gasteiger partial charge in [-0.25, -0.2) is 9.78 Å². The lowest BCUT2D eigenvalue weighted by Gasteiger charge is -2.69. The van der Waals surface area contributed by atoms with Crippen molar-refractivity contribution in [1.29, 1.82) is 0 Å². The van der Waals surface area contributed by atoms with E-state index in [9.17, 15) is 4.79 Å². The van der Waals surface area contributed by atoms with Crippen LogP contribution in [-0.4, -0.2) is 23.3 Å². The van der Waals surface area contributed by atoms with Crippen LogP contribution in [0.15, 0.2) is 12.2 Å². The number of esters is 1. The molecule has 7 aliphatic rings. The van der Waals surface area contributed by atoms with E-state index in [4.69, 9.17) is 14.5 Å². The summed E-state index contributed by atoms with van der Waals surface area (Å²) in [6.07, 6.45) is 13.9. The van der Waals surface area contributed by atoms with E-state index in [-0.39, 0.29) is 23.1 Å². The molecule has 2 bridgehead atoms. The maximum Gasteiger partial charge on any atom is 0.302 e. The second-order valence-corrected chi connectivity index (χ2v) is 14.5. The fourth-order valence-electron chi connectivity index (χ4n) is 10.6. The van der Waals surface area contributed by atoms with Gasteiger partial charge in [-0.1, -0.05) is 47.6 Å². The highest BCUT2D eigenvalue weighted by Gasteiger charge is 2.74. The van der Waals surface area contributed by atoms with Gasteiger partial charge in [0.05, 0.1) is 0 Å². The molecule has 35 heavy (non-hydrogen) atoms. The van der Waals surface area contributed by atoms with Crippen molar-refractivity contribution < 1.29 is 19.3 Å². The first-order valence-electron chi connectivity index (χ1n) is 14.7. The fraction of sp³-hybridized carbons (Fsp3) is 0.903. The molecule has 0 N–H and O–H groups in total. The third-order valence-electron chi connectivity index (χ3n) is 12.9. The summed E-state index contributed by atoms with van der Waals surface area (Å²) in [4.78, 5) is 24.7. The summed E-state index contributed by atoms with van der Waals surface area (Å²) in [5.41, 5.74) is -0.401. The van der Waals surface area contributed by atoms with E-state index in [1.165, 1.54) is 39.0 Å². The molecule has 2 unspecified atom stereocenters. The van der Waals surface area contributed by atoms with Gasteiger partial charge in [0, 0.05) is 30.6 Å². The van der Waals surface area contributed by atoms with Crippen molar-refractivity contribution in [3.8, 4) is 0 Å². The van der Waals surface area contributed by atoms with Gasteiger partial charge in [0.25, 0.3) is 0 Å². The van der Waals surface area contributed by atoms with E-state index < -0.39 is 5.60 Å². The lowest BCUT2D eigenvalue weighted by molar-refractivity contribution is -0.497. The van der Waals surface area contributed by atoms with Crippen LogP contribution in [0.5, 0.6) is 0 Å². The van der Waals surface area contributed by atoms with E-state index in [0.29, 0.717) is 23.7 Å². The Morgan fingerprint density at radius 2 is 1.71 bits per heavy atom. The molecule has 0 amide bonds. The van der Waals surface area contributed by atoms with Crippen LogP contribution < -0.4 is 0 Å². The monoisotopic (exact) mass is 484 g/mol. The van der Waals surface area contributed by atoms with Gasteiger partial charge < -0.3 is 4.74 Å². The first-order valence-corrected chi connectivity index (χ1v) is 14.7. The van der Waals surface area contributed by atoms with Gasteiger partial charge in [0.15, 0.2) is 0 Å². The number of rotatable bonds is 5. The van der Waals surface area contributed by atoms with E-state index in [0.717, 1.165) is 48.3 Å². The highest BCUT2D eigenvalue weighted by Crippen LogP contribution is 2.73.